The molecule has 0 aliphatic rings. The minimum atomic E-state index is -1.63. The van der Waals surface area contributed by atoms with Crippen molar-refractivity contribution in [2.24, 2.45) is 67.3 Å². The summed E-state index contributed by atoms with van der Waals surface area (Å²) in [5.41, 5.74) is 57.3. The van der Waals surface area contributed by atoms with Crippen LogP contribution in [0.4, 0.5) is 0 Å². The Bertz CT molecular complexity index is 2710. The molecular formula is C56H98N22O11S. The zero-order chi connectivity index (χ0) is 67.1. The second kappa shape index (κ2) is 43.4. The summed E-state index contributed by atoms with van der Waals surface area (Å²) in [5.74, 6) is -9.38. The highest BCUT2D eigenvalue weighted by molar-refractivity contribution is 7.98. The standard InChI is InChI=1S/C56H98N22O11S/c1-67-36(20-21-44(60)79)47(82)78-43(30-45(61)80)54(89)75-40(19-12-27-69-56(65)66)49(84)73-39(18-11-26-68-55(63)64)50(85)76-41(22-28-90-2)52(87)72-38(17-7-10-25-59)51(86)77-42(29-32-31-70-34-14-4-3-13-33(32)34)53(88)74-37(16-6-9-24-58)48(83)71-35(46(62)81)15-5-8-23-57/h3-4,13-14,31,35-43,67,70H,5-12,15-30,57-59H2,1-2H3,(H2,60,79)(H2,61,80)(H2,62,81)(H,71,83)(H,72,87)(H,73,84)(H,74,88)(H,75,89)(H,76,85)(H,77,86)(H,78,82)(H4,63,64,68)(H4,65,66,69)/t35-,36-,37-,38-,39-,40-,41-,42-,43-/m0/s1. The van der Waals surface area contributed by atoms with Crippen molar-refractivity contribution in [2.75, 3.05) is 51.8 Å². The van der Waals surface area contributed by atoms with Crippen molar-refractivity contribution < 1.29 is 52.7 Å². The first kappa shape index (κ1) is 77.8. The smallest absolute Gasteiger partial charge is 0.243 e. The molecule has 0 fully saturated rings. The topological polar surface area (TPSA) is 597 Å². The molecule has 11 amide bonds. The fraction of sp³-hybridized carbons (Fsp3) is 0.625. The molecule has 90 heavy (non-hydrogen) atoms. The lowest BCUT2D eigenvalue weighted by Crippen LogP contribution is -2.60. The summed E-state index contributed by atoms with van der Waals surface area (Å²) >= 11 is 1.34. The van der Waals surface area contributed by atoms with Crippen molar-refractivity contribution in [1.82, 2.24) is 52.8 Å². The number of aromatic amines is 1. The van der Waals surface area contributed by atoms with Crippen molar-refractivity contribution in [1.29, 1.82) is 0 Å². The summed E-state index contributed by atoms with van der Waals surface area (Å²) in [7, 11) is 1.42. The van der Waals surface area contributed by atoms with Gasteiger partial charge in [-0.25, -0.2) is 0 Å². The number of nitrogens with two attached hydrogens (primary N) is 10. The van der Waals surface area contributed by atoms with Gasteiger partial charge in [-0.3, -0.25) is 62.7 Å². The molecule has 2 aromatic rings. The van der Waals surface area contributed by atoms with Gasteiger partial charge in [0.2, 0.25) is 65.0 Å². The summed E-state index contributed by atoms with van der Waals surface area (Å²) in [5, 5.41) is 24.8. The number of benzene rings is 1. The second-order valence-electron chi connectivity index (χ2n) is 21.5. The summed E-state index contributed by atoms with van der Waals surface area (Å²) < 4.78 is 0. The fourth-order valence-corrected chi connectivity index (χ4v) is 9.83. The van der Waals surface area contributed by atoms with Crippen LogP contribution in [0.25, 0.3) is 10.9 Å². The Morgan fingerprint density at radius 3 is 1.24 bits per heavy atom. The van der Waals surface area contributed by atoms with Crippen molar-refractivity contribution in [3.8, 4) is 0 Å². The zero-order valence-electron chi connectivity index (χ0n) is 51.6. The lowest BCUT2D eigenvalue weighted by molar-refractivity contribution is -0.136. The minimum absolute atomic E-state index is 0.000757. The van der Waals surface area contributed by atoms with E-state index < -0.39 is 126 Å². The van der Waals surface area contributed by atoms with Crippen LogP contribution < -0.4 is 105 Å². The molecule has 0 radical (unpaired) electrons. The van der Waals surface area contributed by atoms with E-state index >= 15 is 0 Å². The van der Waals surface area contributed by atoms with E-state index in [4.69, 9.17) is 57.3 Å². The predicted molar refractivity (Wildman–Crippen MR) is 343 cm³/mol. The van der Waals surface area contributed by atoms with Crippen LogP contribution in [0.5, 0.6) is 0 Å². The Balaban J connectivity index is 2.63. The Morgan fingerprint density at radius 1 is 0.456 bits per heavy atom. The number of fused-ring (bicyclic) bond motifs is 1. The number of guanidine groups is 2. The van der Waals surface area contributed by atoms with Gasteiger partial charge in [0, 0.05) is 43.0 Å². The van der Waals surface area contributed by atoms with Gasteiger partial charge < -0.3 is 110 Å². The van der Waals surface area contributed by atoms with Crippen LogP contribution in [0.1, 0.15) is 115 Å². The van der Waals surface area contributed by atoms with Crippen LogP contribution in [0.15, 0.2) is 40.4 Å². The lowest BCUT2D eigenvalue weighted by atomic mass is 10.0. The van der Waals surface area contributed by atoms with E-state index in [0.717, 1.165) is 10.9 Å². The monoisotopic (exact) mass is 1290 g/mol. The van der Waals surface area contributed by atoms with Crippen molar-refractivity contribution in [3.05, 3.63) is 36.0 Å². The Kier molecular flexibility index (Phi) is 37.5. The molecule has 0 aliphatic carbocycles. The van der Waals surface area contributed by atoms with Crippen LogP contribution in [-0.2, 0) is 59.2 Å². The largest absolute Gasteiger partial charge is 0.370 e. The molecule has 0 aliphatic heterocycles. The molecule has 0 unspecified atom stereocenters. The number of thioether (sulfide) groups is 1. The molecular weight excluding hydrogens is 1190 g/mol. The maximum atomic E-state index is 14.8. The second-order valence-corrected chi connectivity index (χ2v) is 22.5. The first-order chi connectivity index (χ1) is 42.9. The van der Waals surface area contributed by atoms with Crippen molar-refractivity contribution in [3.63, 3.8) is 0 Å². The molecule has 504 valence electrons. The number of unbranched alkanes of at least 4 members (excludes halogenated alkanes) is 3. The average molecular weight is 1290 g/mol. The number of likely N-dealkylation sites (N-methyl/N-ethyl adjacent to an activating group) is 1. The van der Waals surface area contributed by atoms with Gasteiger partial charge in [0.05, 0.1) is 12.5 Å². The number of carbonyl (C=O) groups excluding carboxylic acids is 11. The number of aliphatic imine (C=N–C) groups is 2. The molecule has 1 aromatic carbocycles. The van der Waals surface area contributed by atoms with E-state index in [1.165, 1.54) is 18.8 Å². The normalized spacial score (nSPS) is 14.1. The van der Waals surface area contributed by atoms with Crippen molar-refractivity contribution >= 4 is 99.6 Å². The molecule has 33 nitrogen and oxygen atoms in total. The number of amides is 11. The Labute approximate surface area is 528 Å². The molecule has 1 heterocycles. The molecule has 0 spiro atoms. The van der Waals surface area contributed by atoms with Gasteiger partial charge in [0.15, 0.2) is 11.9 Å². The van der Waals surface area contributed by atoms with Gasteiger partial charge in [-0.1, -0.05) is 18.2 Å². The third-order valence-corrected chi connectivity index (χ3v) is 14.9. The maximum absolute atomic E-state index is 14.8. The van der Waals surface area contributed by atoms with Gasteiger partial charge in [-0.2, -0.15) is 11.8 Å². The minimum Gasteiger partial charge on any atom is -0.370 e. The fourth-order valence-electron chi connectivity index (χ4n) is 9.36. The number of hydrogen-bond donors (Lipinski definition) is 20. The van der Waals surface area contributed by atoms with Crippen LogP contribution in [0, 0.1) is 0 Å². The first-order valence-corrected chi connectivity index (χ1v) is 31.5. The number of nitrogens with one attached hydrogen (secondary N) is 10. The molecule has 0 saturated heterocycles. The van der Waals surface area contributed by atoms with Crippen LogP contribution >= 0.6 is 11.8 Å². The zero-order valence-corrected chi connectivity index (χ0v) is 52.4. The number of primary amides is 3. The quantitative estimate of drug-likeness (QED) is 0.0167. The number of aromatic nitrogens is 1. The predicted octanol–water partition coefficient (Wildman–Crippen LogP) is -5.95. The molecule has 1 aromatic heterocycles. The van der Waals surface area contributed by atoms with E-state index in [0.29, 0.717) is 62.9 Å². The third kappa shape index (κ3) is 30.2. The maximum Gasteiger partial charge on any atom is 0.243 e. The molecule has 2 rings (SSSR count). The van der Waals surface area contributed by atoms with E-state index in [-0.39, 0.29) is 102 Å². The van der Waals surface area contributed by atoms with E-state index in [1.807, 2.05) is 18.2 Å². The SMILES string of the molecule is CN[C@@H](CCC(N)=O)C(=O)N[C@@H](CC(N)=O)C(=O)N[C@@H](CCCN=C(N)N)C(=O)N[C@@H](CCCN=C(N)N)C(=O)N[C@@H](CCSC)C(=O)N[C@@H](CCCCN)C(=O)N[C@@H](Cc1c[nH]c2ccccc12)C(=O)N[C@@H](CCCCN)C(=O)N[C@@H](CCCCN)C(N)=O. The first-order valence-electron chi connectivity index (χ1n) is 30.1. The number of nitrogens with zero attached hydrogens (tertiary/aromatic N) is 2. The number of para-hydroxylation sites is 1. The molecule has 9 atom stereocenters. The summed E-state index contributed by atoms with van der Waals surface area (Å²) in [4.78, 5) is 162. The van der Waals surface area contributed by atoms with E-state index in [9.17, 15) is 52.7 Å². The molecule has 0 saturated carbocycles. The van der Waals surface area contributed by atoms with Crippen LogP contribution in [0.2, 0.25) is 0 Å². The van der Waals surface area contributed by atoms with E-state index in [2.05, 4.69) is 62.8 Å². The average Bonchev–Trinajstić information content (AvgIpc) is 1.71. The van der Waals surface area contributed by atoms with Crippen molar-refractivity contribution in [2.45, 2.75) is 170 Å². The Morgan fingerprint density at radius 2 is 0.833 bits per heavy atom. The number of carbonyl (C=O) groups is 11. The summed E-state index contributed by atoms with van der Waals surface area (Å²) in [6.45, 7) is 0.855. The van der Waals surface area contributed by atoms with Gasteiger partial charge in [0.25, 0.3) is 0 Å². The van der Waals surface area contributed by atoms with Gasteiger partial charge in [-0.15, -0.1) is 0 Å². The number of rotatable bonds is 48. The highest BCUT2D eigenvalue weighted by atomic mass is 32.2. The van der Waals surface area contributed by atoms with Gasteiger partial charge in [0.1, 0.15) is 48.3 Å². The Hall–Kier alpha value is -8.34. The van der Waals surface area contributed by atoms with Crippen LogP contribution in [-0.4, -0.2) is 188 Å². The summed E-state index contributed by atoms with van der Waals surface area (Å²) in [6, 6.07) is -4.68. The molecule has 30 N–H and O–H groups in total. The lowest BCUT2D eigenvalue weighted by Gasteiger charge is -2.28. The number of hydrogen-bond acceptors (Lipinski definition) is 18. The molecule has 0 bridgehead atoms. The van der Waals surface area contributed by atoms with Gasteiger partial charge >= 0.3 is 0 Å². The highest BCUT2D eigenvalue weighted by Crippen LogP contribution is 2.20. The highest BCUT2D eigenvalue weighted by Gasteiger charge is 2.36. The van der Waals surface area contributed by atoms with Crippen LogP contribution in [0.3, 0.4) is 0 Å². The third-order valence-electron chi connectivity index (χ3n) is 14.3. The van der Waals surface area contributed by atoms with Gasteiger partial charge in [-0.05, 0) is 147 Å². The molecule has 34 heteroatoms. The van der Waals surface area contributed by atoms with E-state index in [1.54, 1.807) is 18.5 Å². The number of H-pyrrole nitrogens is 1. The summed E-state index contributed by atoms with van der Waals surface area (Å²) in [6.07, 6.45) is 5.27.